The fourth-order valence-corrected chi connectivity index (χ4v) is 5.41. The van der Waals surface area contributed by atoms with E-state index >= 15 is 0 Å². The van der Waals surface area contributed by atoms with Gasteiger partial charge in [-0.3, -0.25) is 9.59 Å². The Kier molecular flexibility index (Phi) is 10.5. The Morgan fingerprint density at radius 3 is 2.30 bits per heavy atom. The summed E-state index contributed by atoms with van der Waals surface area (Å²) in [5.74, 6) is -0.784. The number of aliphatic hydroxyl groups excluding tert-OH is 1. The number of unbranched alkanes of at least 4 members (excludes halogenated alkanes) is 3. The highest BCUT2D eigenvalue weighted by atomic mass is 16.7. The van der Waals surface area contributed by atoms with Crippen molar-refractivity contribution in [3.8, 4) is 0 Å². The van der Waals surface area contributed by atoms with E-state index in [1.54, 1.807) is 0 Å². The zero-order chi connectivity index (χ0) is 30.0. The Morgan fingerprint density at radius 1 is 0.860 bits per heavy atom. The molecule has 9 nitrogen and oxygen atoms in total. The number of nitrogens with zero attached hydrogens (tertiary/aromatic N) is 2. The van der Waals surface area contributed by atoms with Crippen LogP contribution in [0.3, 0.4) is 0 Å². The number of rotatable bonds is 14. The van der Waals surface area contributed by atoms with Gasteiger partial charge in [-0.05, 0) is 41.7 Å². The molecule has 2 heterocycles. The second kappa shape index (κ2) is 14.9. The Bertz CT molecular complexity index is 1480. The predicted molar refractivity (Wildman–Crippen MR) is 162 cm³/mol. The third-order valence-corrected chi connectivity index (χ3v) is 7.83. The SMILES string of the molecule is O=C(O)CCCCCCC(=O)NCc1ccc([C@@H]2O[C@H](Cn3cnc4ccccc43)C[C@H](c3ccc(CO)cc3)O2)cc1. The Morgan fingerprint density at radius 2 is 1.56 bits per heavy atom. The molecule has 0 radical (unpaired) electrons. The van der Waals surface area contributed by atoms with Gasteiger partial charge in [-0.2, -0.15) is 0 Å². The largest absolute Gasteiger partial charge is 0.481 e. The molecule has 3 aromatic carbocycles. The van der Waals surface area contributed by atoms with Gasteiger partial charge in [0.05, 0.1) is 42.7 Å². The Hall–Kier alpha value is -4.05. The quantitative estimate of drug-likeness (QED) is 0.160. The van der Waals surface area contributed by atoms with Crippen molar-refractivity contribution in [1.29, 1.82) is 0 Å². The second-order valence-electron chi connectivity index (χ2n) is 11.1. The molecule has 1 saturated heterocycles. The first-order valence-electron chi connectivity index (χ1n) is 15.0. The van der Waals surface area contributed by atoms with Crippen molar-refractivity contribution in [2.45, 2.75) is 83.1 Å². The fourth-order valence-electron chi connectivity index (χ4n) is 5.41. The number of carbonyl (C=O) groups is 2. The fraction of sp³-hybridized carbons (Fsp3) is 0.382. The summed E-state index contributed by atoms with van der Waals surface area (Å²) < 4.78 is 15.1. The van der Waals surface area contributed by atoms with E-state index < -0.39 is 12.3 Å². The van der Waals surface area contributed by atoms with Crippen LogP contribution in [0.25, 0.3) is 11.0 Å². The molecule has 1 aliphatic heterocycles. The minimum Gasteiger partial charge on any atom is -0.481 e. The summed E-state index contributed by atoms with van der Waals surface area (Å²) >= 11 is 0. The number of carboxylic acids is 1. The summed E-state index contributed by atoms with van der Waals surface area (Å²) in [7, 11) is 0. The molecule has 1 aliphatic rings. The van der Waals surface area contributed by atoms with E-state index in [1.165, 1.54) is 0 Å². The van der Waals surface area contributed by atoms with Gasteiger partial charge in [-0.1, -0.05) is 73.5 Å². The van der Waals surface area contributed by atoms with Gasteiger partial charge in [0.1, 0.15) is 0 Å². The third-order valence-electron chi connectivity index (χ3n) is 7.83. The normalized spacial score (nSPS) is 18.5. The van der Waals surface area contributed by atoms with E-state index in [9.17, 15) is 14.7 Å². The first-order chi connectivity index (χ1) is 21.0. The Balaban J connectivity index is 1.20. The maximum absolute atomic E-state index is 12.3. The van der Waals surface area contributed by atoms with Crippen LogP contribution in [0.4, 0.5) is 0 Å². The molecule has 0 saturated carbocycles. The molecular weight excluding hydrogens is 546 g/mol. The number of para-hydroxylation sites is 2. The van der Waals surface area contributed by atoms with Gasteiger partial charge in [0.25, 0.3) is 0 Å². The molecule has 1 aromatic heterocycles. The first-order valence-corrected chi connectivity index (χ1v) is 15.0. The van der Waals surface area contributed by atoms with Crippen molar-refractivity contribution in [2.24, 2.45) is 0 Å². The number of carbonyl (C=O) groups excluding carboxylic acids is 1. The molecule has 9 heteroatoms. The van der Waals surface area contributed by atoms with Crippen LogP contribution >= 0.6 is 0 Å². The third kappa shape index (κ3) is 8.50. The second-order valence-corrected chi connectivity index (χ2v) is 11.1. The maximum atomic E-state index is 12.3. The number of aliphatic hydroxyl groups is 1. The lowest BCUT2D eigenvalue weighted by Crippen LogP contribution is -2.32. The first kappa shape index (κ1) is 30.4. The molecule has 0 spiro atoms. The summed E-state index contributed by atoms with van der Waals surface area (Å²) in [5.41, 5.74) is 5.77. The monoisotopic (exact) mass is 585 g/mol. The van der Waals surface area contributed by atoms with Crippen LogP contribution in [-0.4, -0.2) is 37.7 Å². The predicted octanol–water partition coefficient (Wildman–Crippen LogP) is 5.82. The van der Waals surface area contributed by atoms with Gasteiger partial charge in [0.15, 0.2) is 6.29 Å². The molecule has 0 bridgehead atoms. The van der Waals surface area contributed by atoms with Crippen LogP contribution < -0.4 is 5.32 Å². The minimum absolute atomic E-state index is 0.00469. The van der Waals surface area contributed by atoms with Gasteiger partial charge in [-0.15, -0.1) is 0 Å². The number of imidazole rings is 1. The van der Waals surface area contributed by atoms with Crippen molar-refractivity contribution in [2.75, 3.05) is 0 Å². The highest BCUT2D eigenvalue weighted by Gasteiger charge is 2.32. The van der Waals surface area contributed by atoms with Crippen LogP contribution in [0.15, 0.2) is 79.1 Å². The van der Waals surface area contributed by atoms with E-state index in [0.717, 1.165) is 52.5 Å². The van der Waals surface area contributed by atoms with Crippen molar-refractivity contribution in [1.82, 2.24) is 14.9 Å². The molecule has 5 rings (SSSR count). The number of amides is 1. The average molecular weight is 586 g/mol. The molecule has 0 aliphatic carbocycles. The molecule has 3 atom stereocenters. The lowest BCUT2D eigenvalue weighted by atomic mass is 9.99. The smallest absolute Gasteiger partial charge is 0.303 e. The van der Waals surface area contributed by atoms with Gasteiger partial charge in [-0.25, -0.2) is 4.98 Å². The van der Waals surface area contributed by atoms with Crippen LogP contribution in [0.5, 0.6) is 0 Å². The van der Waals surface area contributed by atoms with Crippen molar-refractivity contribution in [3.63, 3.8) is 0 Å². The molecule has 4 aromatic rings. The van der Waals surface area contributed by atoms with Gasteiger partial charge >= 0.3 is 5.97 Å². The van der Waals surface area contributed by atoms with Crippen LogP contribution in [0, 0.1) is 0 Å². The van der Waals surface area contributed by atoms with Crippen molar-refractivity contribution < 1.29 is 29.3 Å². The lowest BCUT2D eigenvalue weighted by Gasteiger charge is -2.36. The number of aromatic nitrogens is 2. The molecule has 226 valence electrons. The Labute approximate surface area is 251 Å². The number of nitrogens with one attached hydrogen (secondary N) is 1. The molecule has 3 N–H and O–H groups in total. The summed E-state index contributed by atoms with van der Waals surface area (Å²) in [5, 5.41) is 21.1. The highest BCUT2D eigenvalue weighted by molar-refractivity contribution is 5.76. The van der Waals surface area contributed by atoms with E-state index in [2.05, 4.69) is 20.9 Å². The number of aliphatic carboxylic acids is 1. The molecular formula is C34H39N3O6. The average Bonchev–Trinajstić information content (AvgIpc) is 3.44. The lowest BCUT2D eigenvalue weighted by molar-refractivity contribution is -0.252. The van der Waals surface area contributed by atoms with Crippen molar-refractivity contribution in [3.05, 3.63) is 101 Å². The standard InChI is InChI=1S/C34H39N3O6/c38-22-25-13-15-26(16-14-25)31-19-28(21-37-23-36-29-7-5-6-8-30(29)37)42-34(43-31)27-17-11-24(12-18-27)20-35-32(39)9-3-1-2-4-10-33(40)41/h5-8,11-18,23,28,31,34,38H,1-4,9-10,19-22H2,(H,35,39)(H,40,41)/t28-,31+,34+/m0/s1. The van der Waals surface area contributed by atoms with Gasteiger partial charge in [0.2, 0.25) is 5.91 Å². The zero-order valence-corrected chi connectivity index (χ0v) is 24.2. The number of benzene rings is 3. The minimum atomic E-state index is -0.776. The highest BCUT2D eigenvalue weighted by Crippen LogP contribution is 2.38. The van der Waals surface area contributed by atoms with Gasteiger partial charge < -0.3 is 29.6 Å². The van der Waals surface area contributed by atoms with E-state index in [-0.39, 0.29) is 31.1 Å². The zero-order valence-electron chi connectivity index (χ0n) is 24.2. The summed E-state index contributed by atoms with van der Waals surface area (Å²) in [6.45, 7) is 1.06. The molecule has 1 amide bonds. The van der Waals surface area contributed by atoms with Crippen LogP contribution in [0.2, 0.25) is 0 Å². The molecule has 0 unspecified atom stereocenters. The van der Waals surface area contributed by atoms with Gasteiger partial charge in [0, 0.05) is 31.4 Å². The summed E-state index contributed by atoms with van der Waals surface area (Å²) in [6, 6.07) is 23.8. The van der Waals surface area contributed by atoms with Crippen LogP contribution in [-0.2, 0) is 38.8 Å². The number of fused-ring (bicyclic) bond motifs is 1. The van der Waals surface area contributed by atoms with E-state index in [4.69, 9.17) is 14.6 Å². The van der Waals surface area contributed by atoms with Crippen molar-refractivity contribution >= 4 is 22.9 Å². The maximum Gasteiger partial charge on any atom is 0.303 e. The number of hydrogen-bond donors (Lipinski definition) is 3. The summed E-state index contributed by atoms with van der Waals surface area (Å²) in [6.07, 6.45) is 5.33. The number of carboxylic acid groups (broad SMARTS) is 1. The van der Waals surface area contributed by atoms with Crippen LogP contribution in [0.1, 0.15) is 79.6 Å². The van der Waals surface area contributed by atoms with E-state index in [1.807, 2.05) is 73.1 Å². The molecule has 1 fully saturated rings. The topological polar surface area (TPSA) is 123 Å². The number of ether oxygens (including phenoxy) is 2. The summed E-state index contributed by atoms with van der Waals surface area (Å²) in [4.78, 5) is 27.4. The van der Waals surface area contributed by atoms with E-state index in [0.29, 0.717) is 32.4 Å². The number of hydrogen-bond acceptors (Lipinski definition) is 6. The molecule has 43 heavy (non-hydrogen) atoms.